The highest BCUT2D eigenvalue weighted by Gasteiger charge is 2.32. The fraction of sp³-hybridized carbons (Fsp3) is 0.174. The molecule has 0 aromatic heterocycles. The van der Waals surface area contributed by atoms with E-state index >= 15 is 0 Å². The van der Waals surface area contributed by atoms with Crippen molar-refractivity contribution in [1.29, 1.82) is 0 Å². The van der Waals surface area contributed by atoms with E-state index in [2.05, 4.69) is 4.74 Å². The number of rotatable bonds is 7. The summed E-state index contributed by atoms with van der Waals surface area (Å²) in [5, 5.41) is 0. The monoisotopic (exact) mass is 478 g/mol. The molecule has 3 aromatic rings. The maximum absolute atomic E-state index is 13.4. The number of benzene rings is 3. The molecule has 10 heteroatoms. The van der Waals surface area contributed by atoms with E-state index in [1.54, 1.807) is 31.2 Å². The standard InChI is InChI=1S/C23H20F3NO5S/c1-15-3-8-18(9-4-15)27(33(29)30)20-14-17(23(24,25)26)7-12-21(20)32-19-10-5-16(6-11-19)13-22(28)31-2/h3-12,14H,13H2,1-2H3,(H,29,30)/p-1. The molecule has 0 fully saturated rings. The van der Waals surface area contributed by atoms with Gasteiger partial charge in [-0.15, -0.1) is 0 Å². The Labute approximate surface area is 191 Å². The number of hydrogen-bond acceptors (Lipinski definition) is 5. The average molecular weight is 478 g/mol. The SMILES string of the molecule is COC(=O)Cc1ccc(Oc2ccc(C(F)(F)F)cc2N(c2ccc(C)cc2)S(=O)[O-])cc1. The first kappa shape index (κ1) is 24.3. The summed E-state index contributed by atoms with van der Waals surface area (Å²) < 4.78 is 75.3. The Balaban J connectivity index is 2.03. The predicted octanol–water partition coefficient (Wildman–Crippen LogP) is 5.45. The van der Waals surface area contributed by atoms with Crippen molar-refractivity contribution in [2.75, 3.05) is 11.4 Å². The lowest BCUT2D eigenvalue weighted by atomic mass is 10.1. The Hall–Kier alpha value is -3.37. The van der Waals surface area contributed by atoms with Crippen LogP contribution >= 0.6 is 0 Å². The number of alkyl halides is 3. The number of halogens is 3. The highest BCUT2D eigenvalue weighted by Crippen LogP contribution is 2.41. The van der Waals surface area contributed by atoms with Gasteiger partial charge in [0.25, 0.3) is 0 Å². The topological polar surface area (TPSA) is 78.9 Å². The first-order valence-corrected chi connectivity index (χ1v) is 10.6. The molecule has 0 radical (unpaired) electrons. The zero-order chi connectivity index (χ0) is 24.2. The Morgan fingerprint density at radius 2 is 1.67 bits per heavy atom. The third-order valence-electron chi connectivity index (χ3n) is 4.65. The Morgan fingerprint density at radius 1 is 1.03 bits per heavy atom. The molecule has 0 aliphatic heterocycles. The molecule has 174 valence electrons. The smallest absolute Gasteiger partial charge is 0.416 e. The molecule has 0 aliphatic rings. The normalized spacial score (nSPS) is 12.2. The summed E-state index contributed by atoms with van der Waals surface area (Å²) in [7, 11) is 1.27. The first-order valence-electron chi connectivity index (χ1n) is 9.59. The van der Waals surface area contributed by atoms with Crippen LogP contribution in [0, 0.1) is 6.92 Å². The molecular weight excluding hydrogens is 459 g/mol. The summed E-state index contributed by atoms with van der Waals surface area (Å²) in [6, 6.07) is 15.1. The molecule has 33 heavy (non-hydrogen) atoms. The molecule has 0 saturated heterocycles. The second-order valence-corrected chi connectivity index (χ2v) is 7.83. The van der Waals surface area contributed by atoms with E-state index in [9.17, 15) is 26.7 Å². The van der Waals surface area contributed by atoms with Gasteiger partial charge in [-0.25, -0.2) is 0 Å². The van der Waals surface area contributed by atoms with E-state index in [0.717, 1.165) is 28.1 Å². The highest BCUT2D eigenvalue weighted by molar-refractivity contribution is 7.81. The van der Waals surface area contributed by atoms with Crippen LogP contribution in [0.25, 0.3) is 0 Å². The van der Waals surface area contributed by atoms with Crippen molar-refractivity contribution in [3.63, 3.8) is 0 Å². The molecule has 6 nitrogen and oxygen atoms in total. The number of carbonyl (C=O) groups is 1. The summed E-state index contributed by atoms with van der Waals surface area (Å²) >= 11 is -2.94. The van der Waals surface area contributed by atoms with Crippen LogP contribution < -0.4 is 9.04 Å². The number of ether oxygens (including phenoxy) is 2. The van der Waals surface area contributed by atoms with Gasteiger partial charge in [-0.05, 0) is 55.0 Å². The molecule has 0 aliphatic carbocycles. The minimum atomic E-state index is -4.69. The molecule has 0 bridgehead atoms. The summed E-state index contributed by atoms with van der Waals surface area (Å²) in [4.78, 5) is 11.4. The number of esters is 1. The van der Waals surface area contributed by atoms with Crippen LogP contribution in [0.3, 0.4) is 0 Å². The molecule has 0 saturated carbocycles. The van der Waals surface area contributed by atoms with E-state index in [0.29, 0.717) is 5.56 Å². The third-order valence-corrected chi connectivity index (χ3v) is 5.36. The summed E-state index contributed by atoms with van der Waals surface area (Å²) in [6.07, 6.45) is -4.65. The minimum absolute atomic E-state index is 0.0404. The fourth-order valence-corrected chi connectivity index (χ4v) is 3.56. The number of carbonyl (C=O) groups excluding carboxylic acids is 1. The number of nitrogens with zero attached hydrogens (tertiary/aromatic N) is 1. The van der Waals surface area contributed by atoms with E-state index in [1.807, 2.05) is 0 Å². The van der Waals surface area contributed by atoms with Gasteiger partial charge in [-0.3, -0.25) is 13.3 Å². The molecular formula is C23H19F3NO5S-. The molecule has 3 aromatic carbocycles. The van der Waals surface area contributed by atoms with Crippen molar-refractivity contribution in [3.05, 3.63) is 83.4 Å². The lowest BCUT2D eigenvalue weighted by Gasteiger charge is -2.29. The third kappa shape index (κ3) is 6.11. The predicted molar refractivity (Wildman–Crippen MR) is 116 cm³/mol. The van der Waals surface area contributed by atoms with E-state index in [-0.39, 0.29) is 29.3 Å². The van der Waals surface area contributed by atoms with Crippen LogP contribution in [0.5, 0.6) is 11.5 Å². The molecule has 0 N–H and O–H groups in total. The van der Waals surface area contributed by atoms with Crippen LogP contribution in [0.2, 0.25) is 0 Å². The van der Waals surface area contributed by atoms with Gasteiger partial charge >= 0.3 is 12.1 Å². The van der Waals surface area contributed by atoms with Crippen LogP contribution in [0.15, 0.2) is 66.7 Å². The van der Waals surface area contributed by atoms with Gasteiger partial charge in [0.15, 0.2) is 5.75 Å². The fourth-order valence-electron chi connectivity index (χ4n) is 2.97. The first-order chi connectivity index (χ1) is 15.6. The minimum Gasteiger partial charge on any atom is -0.755 e. The van der Waals surface area contributed by atoms with E-state index in [1.165, 1.54) is 31.4 Å². The zero-order valence-corrected chi connectivity index (χ0v) is 18.4. The van der Waals surface area contributed by atoms with Crippen molar-refractivity contribution in [2.45, 2.75) is 19.5 Å². The van der Waals surface area contributed by atoms with E-state index in [4.69, 9.17) is 4.74 Å². The lowest BCUT2D eigenvalue weighted by molar-refractivity contribution is -0.140. The van der Waals surface area contributed by atoms with Crippen molar-refractivity contribution in [2.24, 2.45) is 0 Å². The Morgan fingerprint density at radius 3 is 2.21 bits per heavy atom. The molecule has 0 amide bonds. The van der Waals surface area contributed by atoms with Crippen LogP contribution in [-0.4, -0.2) is 21.8 Å². The van der Waals surface area contributed by atoms with Gasteiger partial charge in [0.05, 0.1) is 41.7 Å². The summed E-state index contributed by atoms with van der Waals surface area (Å²) in [6.45, 7) is 1.80. The second-order valence-electron chi connectivity index (χ2n) is 7.03. The Kier molecular flexibility index (Phi) is 7.39. The van der Waals surface area contributed by atoms with Crippen molar-refractivity contribution in [1.82, 2.24) is 0 Å². The van der Waals surface area contributed by atoms with Gasteiger partial charge in [0.2, 0.25) is 0 Å². The lowest BCUT2D eigenvalue weighted by Crippen LogP contribution is -2.21. The quantitative estimate of drug-likeness (QED) is 0.333. The van der Waals surface area contributed by atoms with Crippen molar-refractivity contribution in [3.8, 4) is 11.5 Å². The molecule has 0 heterocycles. The van der Waals surface area contributed by atoms with Crippen molar-refractivity contribution < 1.29 is 36.2 Å². The summed E-state index contributed by atoms with van der Waals surface area (Å²) in [5.41, 5.74) is 0.305. The zero-order valence-electron chi connectivity index (χ0n) is 17.6. The maximum atomic E-state index is 13.4. The van der Waals surface area contributed by atoms with Gasteiger partial charge in [0.1, 0.15) is 5.75 Å². The number of methoxy groups -OCH3 is 1. The Bertz CT molecular complexity index is 1150. The van der Waals surface area contributed by atoms with Gasteiger partial charge < -0.3 is 14.0 Å². The molecule has 0 spiro atoms. The largest absolute Gasteiger partial charge is 0.755 e. The summed E-state index contributed by atoms with van der Waals surface area (Å²) in [5.74, 6) is -0.293. The molecule has 1 atom stereocenters. The van der Waals surface area contributed by atoms with Crippen molar-refractivity contribution >= 4 is 28.6 Å². The van der Waals surface area contributed by atoms with Gasteiger partial charge in [-0.1, -0.05) is 29.8 Å². The van der Waals surface area contributed by atoms with Gasteiger partial charge in [-0.2, -0.15) is 13.2 Å². The average Bonchev–Trinajstić information content (AvgIpc) is 2.76. The molecule has 3 rings (SSSR count). The second kappa shape index (κ2) is 10.1. The van der Waals surface area contributed by atoms with Crippen LogP contribution in [0.4, 0.5) is 24.5 Å². The van der Waals surface area contributed by atoms with Crippen LogP contribution in [-0.2, 0) is 33.4 Å². The molecule has 1 unspecified atom stereocenters. The number of hydrogen-bond donors (Lipinski definition) is 0. The van der Waals surface area contributed by atoms with E-state index < -0.39 is 29.0 Å². The number of aryl methyl sites for hydroxylation is 1. The van der Waals surface area contributed by atoms with Gasteiger partial charge in [0, 0.05) is 0 Å². The highest BCUT2D eigenvalue weighted by atomic mass is 32.2. The number of anilines is 2. The van der Waals surface area contributed by atoms with Crippen LogP contribution in [0.1, 0.15) is 16.7 Å². The maximum Gasteiger partial charge on any atom is 0.416 e.